The molecule has 114 valence electrons. The lowest BCUT2D eigenvalue weighted by molar-refractivity contribution is 0.0848. The van der Waals surface area contributed by atoms with E-state index in [1.54, 1.807) is 18.2 Å². The number of fused-ring (bicyclic) bond motifs is 1. The topological polar surface area (TPSA) is 58.2 Å². The predicted molar refractivity (Wildman–Crippen MR) is 95.4 cm³/mol. The molecule has 0 saturated heterocycles. The van der Waals surface area contributed by atoms with E-state index in [1.165, 1.54) is 21.8 Å². The van der Waals surface area contributed by atoms with Crippen molar-refractivity contribution in [3.05, 3.63) is 53.7 Å². The molecule has 1 aliphatic carbocycles. The largest absolute Gasteiger partial charge is 0.279 e. The molecular weight excluding hydrogens is 435 g/mol. The van der Waals surface area contributed by atoms with Crippen LogP contribution in [0.3, 0.4) is 0 Å². The lowest BCUT2D eigenvalue weighted by Crippen LogP contribution is -2.41. The third-order valence-corrected chi connectivity index (χ3v) is 5.80. The molecule has 0 spiro atoms. The van der Waals surface area contributed by atoms with Crippen LogP contribution in [-0.2, 0) is 12.8 Å². The van der Waals surface area contributed by atoms with Crippen molar-refractivity contribution in [1.82, 2.24) is 10.9 Å². The van der Waals surface area contributed by atoms with Crippen LogP contribution in [0.25, 0.3) is 0 Å². The van der Waals surface area contributed by atoms with Crippen molar-refractivity contribution in [2.45, 2.75) is 19.3 Å². The maximum atomic E-state index is 12.1. The summed E-state index contributed by atoms with van der Waals surface area (Å²) in [6, 6.07) is 6.89. The number of hydrazine groups is 1. The molecule has 3 rings (SSSR count). The van der Waals surface area contributed by atoms with Crippen molar-refractivity contribution in [2.75, 3.05) is 0 Å². The molecule has 2 aromatic rings. The highest BCUT2D eigenvalue weighted by atomic mass is 127. The van der Waals surface area contributed by atoms with Crippen molar-refractivity contribution < 1.29 is 9.59 Å². The average Bonchev–Trinajstić information content (AvgIpc) is 3.05. The number of aryl methyl sites for hydroxylation is 2. The molecule has 1 aromatic heterocycles. The second-order valence-corrected chi connectivity index (χ2v) is 7.68. The number of carbonyl (C=O) groups is 2. The lowest BCUT2D eigenvalue weighted by atomic mass is 10.2. The molecule has 7 heteroatoms. The normalized spacial score (nSPS) is 12.8. The van der Waals surface area contributed by atoms with E-state index in [0.29, 0.717) is 15.5 Å². The van der Waals surface area contributed by atoms with Gasteiger partial charge in [0.15, 0.2) is 0 Å². The second kappa shape index (κ2) is 6.55. The van der Waals surface area contributed by atoms with Crippen LogP contribution in [0, 0.1) is 3.57 Å². The second-order valence-electron chi connectivity index (χ2n) is 4.95. The van der Waals surface area contributed by atoms with Gasteiger partial charge in [-0.2, -0.15) is 0 Å². The number of benzene rings is 1. The monoisotopic (exact) mass is 446 g/mol. The van der Waals surface area contributed by atoms with Gasteiger partial charge in [0.25, 0.3) is 11.8 Å². The Labute approximate surface area is 150 Å². The Balaban J connectivity index is 1.63. The van der Waals surface area contributed by atoms with E-state index < -0.39 is 0 Å². The Bertz CT molecular complexity index is 738. The summed E-state index contributed by atoms with van der Waals surface area (Å²) in [4.78, 5) is 26.1. The molecule has 0 fully saturated rings. The highest BCUT2D eigenvalue weighted by molar-refractivity contribution is 14.1. The molecule has 0 radical (unpaired) electrons. The van der Waals surface area contributed by atoms with E-state index in [-0.39, 0.29) is 11.8 Å². The Kier molecular flexibility index (Phi) is 4.70. The molecule has 22 heavy (non-hydrogen) atoms. The Morgan fingerprint density at radius 2 is 1.91 bits per heavy atom. The third-order valence-electron chi connectivity index (χ3n) is 3.44. The van der Waals surface area contributed by atoms with Crippen molar-refractivity contribution in [3.63, 3.8) is 0 Å². The van der Waals surface area contributed by atoms with Crippen LogP contribution < -0.4 is 10.9 Å². The summed E-state index contributed by atoms with van der Waals surface area (Å²) in [7, 11) is 0. The van der Waals surface area contributed by atoms with Gasteiger partial charge in [-0.15, -0.1) is 11.3 Å². The molecule has 2 N–H and O–H groups in total. The number of thiophene rings is 1. The predicted octanol–water partition coefficient (Wildman–Crippen LogP) is 3.57. The summed E-state index contributed by atoms with van der Waals surface area (Å²) in [5.41, 5.74) is 6.64. The number of carbonyl (C=O) groups excluding carboxylic acids is 2. The molecule has 1 aliphatic rings. The zero-order chi connectivity index (χ0) is 15.7. The van der Waals surface area contributed by atoms with Crippen LogP contribution in [0.5, 0.6) is 0 Å². The van der Waals surface area contributed by atoms with Gasteiger partial charge >= 0.3 is 0 Å². The SMILES string of the molecule is O=C(NNC(=O)c1ccc(Cl)cc1I)c1cc2c(s1)CCC2. The van der Waals surface area contributed by atoms with E-state index >= 15 is 0 Å². The fourth-order valence-corrected chi connectivity index (χ4v) is 4.62. The molecule has 1 aromatic carbocycles. The number of rotatable bonds is 2. The van der Waals surface area contributed by atoms with Crippen LogP contribution in [0.15, 0.2) is 24.3 Å². The fraction of sp³-hybridized carbons (Fsp3) is 0.200. The van der Waals surface area contributed by atoms with Gasteiger partial charge in [0, 0.05) is 13.5 Å². The smallest absolute Gasteiger partial charge is 0.267 e. The van der Waals surface area contributed by atoms with Crippen LogP contribution in [0.2, 0.25) is 5.02 Å². The Hall–Kier alpha value is -1.12. The molecular formula is C15H12ClIN2O2S. The van der Waals surface area contributed by atoms with Gasteiger partial charge in [-0.05, 0) is 71.7 Å². The minimum Gasteiger partial charge on any atom is -0.267 e. The van der Waals surface area contributed by atoms with Crippen molar-refractivity contribution in [1.29, 1.82) is 0 Å². The molecule has 0 unspecified atom stereocenters. The zero-order valence-electron chi connectivity index (χ0n) is 11.4. The van der Waals surface area contributed by atoms with Gasteiger partial charge in [-0.3, -0.25) is 20.4 Å². The summed E-state index contributed by atoms with van der Waals surface area (Å²) in [5, 5.41) is 0.568. The van der Waals surface area contributed by atoms with E-state index in [1.807, 2.05) is 28.7 Å². The zero-order valence-corrected chi connectivity index (χ0v) is 15.1. The van der Waals surface area contributed by atoms with Gasteiger partial charge in [-0.1, -0.05) is 11.6 Å². The lowest BCUT2D eigenvalue weighted by Gasteiger charge is -2.08. The first-order chi connectivity index (χ1) is 10.5. The Morgan fingerprint density at radius 1 is 1.14 bits per heavy atom. The first-order valence-electron chi connectivity index (χ1n) is 6.72. The molecule has 2 amide bonds. The average molecular weight is 447 g/mol. The number of amides is 2. The minimum absolute atomic E-state index is 0.281. The highest BCUT2D eigenvalue weighted by Crippen LogP contribution is 2.30. The highest BCUT2D eigenvalue weighted by Gasteiger charge is 2.19. The minimum atomic E-state index is -0.362. The van der Waals surface area contributed by atoms with E-state index in [4.69, 9.17) is 11.6 Å². The maximum absolute atomic E-state index is 12.1. The maximum Gasteiger partial charge on any atom is 0.279 e. The summed E-state index contributed by atoms with van der Waals surface area (Å²) in [6.07, 6.45) is 3.24. The summed E-state index contributed by atoms with van der Waals surface area (Å²) in [5.74, 6) is -0.643. The summed E-state index contributed by atoms with van der Waals surface area (Å²) in [6.45, 7) is 0. The number of halogens is 2. The number of hydrogen-bond acceptors (Lipinski definition) is 3. The van der Waals surface area contributed by atoms with E-state index in [9.17, 15) is 9.59 Å². The number of hydrogen-bond donors (Lipinski definition) is 2. The van der Waals surface area contributed by atoms with Gasteiger partial charge in [-0.25, -0.2) is 0 Å². The van der Waals surface area contributed by atoms with Crippen LogP contribution in [0.1, 0.15) is 36.9 Å². The number of nitrogens with one attached hydrogen (secondary N) is 2. The molecule has 1 heterocycles. The van der Waals surface area contributed by atoms with Gasteiger partial charge < -0.3 is 0 Å². The van der Waals surface area contributed by atoms with E-state index in [0.717, 1.165) is 22.8 Å². The van der Waals surface area contributed by atoms with Crippen LogP contribution >= 0.6 is 45.5 Å². The molecule has 0 saturated carbocycles. The first-order valence-corrected chi connectivity index (χ1v) is 8.99. The summed E-state index contributed by atoms with van der Waals surface area (Å²) < 4.78 is 0.729. The fourth-order valence-electron chi connectivity index (χ4n) is 2.36. The van der Waals surface area contributed by atoms with Crippen molar-refractivity contribution in [2.24, 2.45) is 0 Å². The standard InChI is InChI=1S/C15H12ClIN2O2S/c16-9-4-5-10(11(17)7-9)14(20)18-19-15(21)13-6-8-2-1-3-12(8)22-13/h4-7H,1-3H2,(H,18,20)(H,19,21). The third kappa shape index (κ3) is 3.28. The molecule has 0 aliphatic heterocycles. The van der Waals surface area contributed by atoms with Crippen molar-refractivity contribution in [3.8, 4) is 0 Å². The summed E-state index contributed by atoms with van der Waals surface area (Å²) >= 11 is 9.40. The van der Waals surface area contributed by atoms with Gasteiger partial charge in [0.2, 0.25) is 0 Å². The molecule has 0 bridgehead atoms. The Morgan fingerprint density at radius 3 is 2.64 bits per heavy atom. The van der Waals surface area contributed by atoms with Crippen LogP contribution in [0.4, 0.5) is 0 Å². The van der Waals surface area contributed by atoms with Gasteiger partial charge in [0.1, 0.15) is 0 Å². The van der Waals surface area contributed by atoms with Gasteiger partial charge in [0.05, 0.1) is 10.4 Å². The molecule has 4 nitrogen and oxygen atoms in total. The molecule has 0 atom stereocenters. The van der Waals surface area contributed by atoms with Crippen LogP contribution in [-0.4, -0.2) is 11.8 Å². The van der Waals surface area contributed by atoms with E-state index in [2.05, 4.69) is 10.9 Å². The van der Waals surface area contributed by atoms with Crippen molar-refractivity contribution >= 4 is 57.3 Å². The quantitative estimate of drug-likeness (QED) is 0.547. The first kappa shape index (κ1) is 15.8.